The second-order valence-corrected chi connectivity index (χ2v) is 7.27. The molecule has 3 rings (SSSR count). The van der Waals surface area contributed by atoms with Crippen LogP contribution in [-0.4, -0.2) is 15.9 Å². The Morgan fingerprint density at radius 1 is 1.25 bits per heavy atom. The number of hydrogen-bond acceptors (Lipinski definition) is 5. The number of amides is 1. The molecule has 0 aliphatic carbocycles. The van der Waals surface area contributed by atoms with Gasteiger partial charge in [-0.2, -0.15) is 0 Å². The summed E-state index contributed by atoms with van der Waals surface area (Å²) in [5.41, 5.74) is 2.72. The van der Waals surface area contributed by atoms with E-state index >= 15 is 0 Å². The maximum atomic E-state index is 12.5. The molecule has 122 valence electrons. The van der Waals surface area contributed by atoms with Crippen molar-refractivity contribution in [3.8, 4) is 0 Å². The summed E-state index contributed by atoms with van der Waals surface area (Å²) in [5.74, 6) is 0.688. The lowest BCUT2D eigenvalue weighted by Gasteiger charge is -2.09. The number of aryl methyl sites for hydroxylation is 1. The Hall–Kier alpha value is -2.18. The minimum absolute atomic E-state index is 0.0728. The lowest BCUT2D eigenvalue weighted by Crippen LogP contribution is -2.23. The van der Waals surface area contributed by atoms with Crippen molar-refractivity contribution in [3.63, 3.8) is 0 Å². The highest BCUT2D eigenvalue weighted by Crippen LogP contribution is 2.26. The Labute approximate surface area is 149 Å². The number of thioether (sulfide) groups is 1. The average molecular weight is 355 g/mol. The fourth-order valence-electron chi connectivity index (χ4n) is 2.19. The van der Waals surface area contributed by atoms with Gasteiger partial charge in [-0.25, -0.2) is 4.98 Å². The quantitative estimate of drug-likeness (QED) is 0.677. The third kappa shape index (κ3) is 4.43. The Kier molecular flexibility index (Phi) is 5.61. The third-order valence-electron chi connectivity index (χ3n) is 3.35. The first-order chi connectivity index (χ1) is 11.7. The zero-order chi connectivity index (χ0) is 16.8. The van der Waals surface area contributed by atoms with Gasteiger partial charge in [-0.3, -0.25) is 9.78 Å². The van der Waals surface area contributed by atoms with E-state index in [1.807, 2.05) is 43.3 Å². The van der Waals surface area contributed by atoms with Crippen molar-refractivity contribution in [3.05, 3.63) is 76.0 Å². The predicted octanol–water partition coefficient (Wildman–Crippen LogP) is 4.07. The number of thiazole rings is 1. The first kappa shape index (κ1) is 16.7. The number of hydrogen-bond donors (Lipinski definition) is 1. The number of carbonyl (C=O) groups is 1. The highest BCUT2D eigenvalue weighted by molar-refractivity contribution is 7.98. The van der Waals surface area contributed by atoms with Crippen molar-refractivity contribution in [1.82, 2.24) is 15.3 Å². The van der Waals surface area contributed by atoms with Crippen LogP contribution < -0.4 is 5.32 Å². The number of aromatic nitrogens is 2. The zero-order valence-electron chi connectivity index (χ0n) is 13.2. The monoisotopic (exact) mass is 355 g/mol. The molecule has 6 heteroatoms. The molecule has 4 nitrogen and oxygen atoms in total. The van der Waals surface area contributed by atoms with E-state index in [4.69, 9.17) is 0 Å². The SMILES string of the molecule is Cc1nc(CSc2ccccc2C(=O)NCc2cccnc2)cs1. The van der Waals surface area contributed by atoms with E-state index in [9.17, 15) is 4.79 Å². The first-order valence-corrected chi connectivity index (χ1v) is 9.39. The van der Waals surface area contributed by atoms with Gasteiger partial charge in [-0.05, 0) is 30.7 Å². The zero-order valence-corrected chi connectivity index (χ0v) is 14.9. The van der Waals surface area contributed by atoms with Crippen molar-refractivity contribution in [2.45, 2.75) is 24.1 Å². The van der Waals surface area contributed by atoms with Crippen LogP contribution in [0.2, 0.25) is 0 Å². The third-order valence-corrected chi connectivity index (χ3v) is 5.28. The summed E-state index contributed by atoms with van der Waals surface area (Å²) in [6, 6.07) is 11.5. The molecule has 2 heterocycles. The van der Waals surface area contributed by atoms with Crippen LogP contribution in [0.5, 0.6) is 0 Å². The number of carbonyl (C=O) groups excluding carboxylic acids is 1. The Morgan fingerprint density at radius 2 is 2.12 bits per heavy atom. The van der Waals surface area contributed by atoms with Crippen LogP contribution >= 0.6 is 23.1 Å². The van der Waals surface area contributed by atoms with Crippen molar-refractivity contribution in [1.29, 1.82) is 0 Å². The van der Waals surface area contributed by atoms with Gasteiger partial charge in [0.05, 0.1) is 16.3 Å². The second kappa shape index (κ2) is 8.08. The molecule has 0 radical (unpaired) electrons. The van der Waals surface area contributed by atoms with E-state index in [0.29, 0.717) is 12.1 Å². The second-order valence-electron chi connectivity index (χ2n) is 5.19. The van der Waals surface area contributed by atoms with E-state index < -0.39 is 0 Å². The van der Waals surface area contributed by atoms with E-state index in [0.717, 1.165) is 26.9 Å². The lowest BCUT2D eigenvalue weighted by atomic mass is 10.2. The Morgan fingerprint density at radius 3 is 2.88 bits per heavy atom. The van der Waals surface area contributed by atoms with E-state index in [1.54, 1.807) is 35.5 Å². The van der Waals surface area contributed by atoms with Crippen molar-refractivity contribution >= 4 is 29.0 Å². The van der Waals surface area contributed by atoms with Gasteiger partial charge in [-0.1, -0.05) is 18.2 Å². The molecule has 0 bridgehead atoms. The molecule has 2 aromatic heterocycles. The van der Waals surface area contributed by atoms with Crippen molar-refractivity contribution in [2.24, 2.45) is 0 Å². The number of nitrogens with zero attached hydrogens (tertiary/aromatic N) is 2. The van der Waals surface area contributed by atoms with Gasteiger partial charge in [0.15, 0.2) is 0 Å². The standard InChI is InChI=1S/C18H17N3OS2/c1-13-21-15(11-23-13)12-24-17-7-3-2-6-16(17)18(22)20-10-14-5-4-8-19-9-14/h2-9,11H,10,12H2,1H3,(H,20,22). The van der Waals surface area contributed by atoms with E-state index in [2.05, 4.69) is 20.7 Å². The van der Waals surface area contributed by atoms with Crippen LogP contribution in [0.15, 0.2) is 59.1 Å². The summed E-state index contributed by atoms with van der Waals surface area (Å²) >= 11 is 3.28. The molecule has 0 saturated heterocycles. The fraction of sp³-hybridized carbons (Fsp3) is 0.167. The van der Waals surface area contributed by atoms with Gasteiger partial charge in [0, 0.05) is 35.0 Å². The molecule has 0 atom stereocenters. The topological polar surface area (TPSA) is 54.9 Å². The fourth-order valence-corrected chi connectivity index (χ4v) is 3.85. The summed E-state index contributed by atoms with van der Waals surface area (Å²) in [6.45, 7) is 2.47. The lowest BCUT2D eigenvalue weighted by molar-refractivity contribution is 0.0948. The summed E-state index contributed by atoms with van der Waals surface area (Å²) in [5, 5.41) is 6.08. The average Bonchev–Trinajstić information content (AvgIpc) is 3.04. The molecular formula is C18H17N3OS2. The van der Waals surface area contributed by atoms with Crippen LogP contribution in [0.1, 0.15) is 26.6 Å². The van der Waals surface area contributed by atoms with E-state index in [1.165, 1.54) is 0 Å². The molecule has 1 aromatic carbocycles. The van der Waals surface area contributed by atoms with Gasteiger partial charge < -0.3 is 5.32 Å². The predicted molar refractivity (Wildman–Crippen MR) is 98.3 cm³/mol. The number of rotatable bonds is 6. The van der Waals surface area contributed by atoms with Gasteiger partial charge >= 0.3 is 0 Å². The van der Waals surface area contributed by atoms with Gasteiger partial charge in [0.2, 0.25) is 0 Å². The number of pyridine rings is 1. The molecular weight excluding hydrogens is 338 g/mol. The van der Waals surface area contributed by atoms with Crippen molar-refractivity contribution < 1.29 is 4.79 Å². The Balaban J connectivity index is 1.65. The van der Waals surface area contributed by atoms with Crippen LogP contribution in [0, 0.1) is 6.92 Å². The molecule has 0 saturated carbocycles. The summed E-state index contributed by atoms with van der Waals surface area (Å²) in [6.07, 6.45) is 3.48. The molecule has 1 N–H and O–H groups in total. The highest BCUT2D eigenvalue weighted by atomic mass is 32.2. The van der Waals surface area contributed by atoms with E-state index in [-0.39, 0.29) is 5.91 Å². The highest BCUT2D eigenvalue weighted by Gasteiger charge is 2.12. The summed E-state index contributed by atoms with van der Waals surface area (Å²) < 4.78 is 0. The van der Waals surface area contributed by atoms with Gasteiger partial charge in [0.25, 0.3) is 5.91 Å². The molecule has 1 amide bonds. The minimum Gasteiger partial charge on any atom is -0.348 e. The number of benzene rings is 1. The van der Waals surface area contributed by atoms with Crippen LogP contribution in [0.3, 0.4) is 0 Å². The molecule has 0 aliphatic rings. The maximum Gasteiger partial charge on any atom is 0.252 e. The normalized spacial score (nSPS) is 10.5. The maximum absolute atomic E-state index is 12.5. The summed E-state index contributed by atoms with van der Waals surface area (Å²) in [7, 11) is 0. The molecule has 24 heavy (non-hydrogen) atoms. The molecule has 0 unspecified atom stereocenters. The van der Waals surface area contributed by atoms with Crippen molar-refractivity contribution in [2.75, 3.05) is 0 Å². The van der Waals surface area contributed by atoms with Crippen LogP contribution in [0.25, 0.3) is 0 Å². The number of nitrogens with one attached hydrogen (secondary N) is 1. The molecule has 3 aromatic rings. The molecule has 0 spiro atoms. The molecule has 0 aliphatic heterocycles. The van der Waals surface area contributed by atoms with Gasteiger partial charge in [0.1, 0.15) is 0 Å². The summed E-state index contributed by atoms with van der Waals surface area (Å²) in [4.78, 5) is 22.0. The largest absolute Gasteiger partial charge is 0.348 e. The van der Waals surface area contributed by atoms with Crippen LogP contribution in [-0.2, 0) is 12.3 Å². The first-order valence-electron chi connectivity index (χ1n) is 7.52. The molecule has 0 fully saturated rings. The smallest absolute Gasteiger partial charge is 0.252 e. The van der Waals surface area contributed by atoms with Gasteiger partial charge in [-0.15, -0.1) is 23.1 Å². The minimum atomic E-state index is -0.0728. The van der Waals surface area contributed by atoms with Crippen LogP contribution in [0.4, 0.5) is 0 Å². The Bertz CT molecular complexity index is 818.